The lowest BCUT2D eigenvalue weighted by atomic mass is 9.96. The number of carbonyl (C=O) groups excluding carboxylic acids is 1. The molecule has 0 aromatic heterocycles. The quantitative estimate of drug-likeness (QED) is 0.0219. The number of carbonyl (C=O) groups is 1. The third-order valence-corrected chi connectivity index (χ3v) is 15.0. The topological polar surface area (TPSA) is 307 Å². The first kappa shape index (κ1) is 76.4. The van der Waals surface area contributed by atoms with E-state index in [1.165, 1.54) is 12.8 Å². The van der Waals surface area contributed by atoms with Gasteiger partial charge in [-0.1, -0.05) is 187 Å². The molecule has 3 aliphatic rings. The first-order chi connectivity index (χ1) is 41.8. The monoisotopic (exact) mass is 1220 g/mol. The van der Waals surface area contributed by atoms with Gasteiger partial charge in [0, 0.05) is 6.42 Å². The van der Waals surface area contributed by atoms with Gasteiger partial charge in [-0.15, -0.1) is 0 Å². The molecule has 12 N–H and O–H groups in total. The molecular weight excluding hydrogens is 1110 g/mol. The third kappa shape index (κ3) is 30.6. The molecule has 17 unspecified atom stereocenters. The molecule has 3 fully saturated rings. The van der Waals surface area contributed by atoms with Gasteiger partial charge in [-0.2, -0.15) is 0 Å². The highest BCUT2D eigenvalue weighted by Crippen LogP contribution is 2.33. The van der Waals surface area contributed by atoms with Crippen LogP contribution < -0.4 is 5.32 Å². The van der Waals surface area contributed by atoms with Gasteiger partial charge in [0.2, 0.25) is 5.91 Å². The van der Waals surface area contributed by atoms with Crippen molar-refractivity contribution in [3.63, 3.8) is 0 Å². The van der Waals surface area contributed by atoms with Crippen LogP contribution in [-0.4, -0.2) is 193 Å². The summed E-state index contributed by atoms with van der Waals surface area (Å²) in [5, 5.41) is 120. The summed E-state index contributed by atoms with van der Waals surface area (Å²) in [5.74, 6) is -0.305. The highest BCUT2D eigenvalue weighted by Gasteiger charge is 2.53. The van der Waals surface area contributed by atoms with E-state index in [9.17, 15) is 61.0 Å². The highest BCUT2D eigenvalue weighted by atomic mass is 16.8. The predicted octanol–water partition coefficient (Wildman–Crippen LogP) is 6.87. The van der Waals surface area contributed by atoms with Gasteiger partial charge in [0.1, 0.15) is 73.2 Å². The average Bonchev–Trinajstić information content (AvgIpc) is 3.55. The molecule has 490 valence electrons. The summed E-state index contributed by atoms with van der Waals surface area (Å²) >= 11 is 0. The second-order valence-electron chi connectivity index (χ2n) is 22.1. The normalized spacial score (nSPS) is 29.6. The van der Waals surface area contributed by atoms with Crippen molar-refractivity contribution in [1.82, 2.24) is 5.32 Å². The number of rotatable bonds is 45. The molecule has 0 aromatic rings. The molecule has 3 rings (SSSR count). The maximum Gasteiger partial charge on any atom is 0.220 e. The molecule has 17 atom stereocenters. The van der Waals surface area contributed by atoms with E-state index in [0.717, 1.165) is 122 Å². The van der Waals surface area contributed by atoms with Crippen LogP contribution in [0.25, 0.3) is 0 Å². The van der Waals surface area contributed by atoms with E-state index >= 15 is 0 Å². The average molecular weight is 1220 g/mol. The Bertz CT molecular complexity index is 2030. The number of nitrogens with one attached hydrogen (secondary N) is 1. The van der Waals surface area contributed by atoms with Gasteiger partial charge in [0.25, 0.3) is 0 Å². The minimum absolute atomic E-state index is 0.211. The standard InChI is InChI=1S/C67H109NO18/c1-3-5-7-9-11-13-14-15-16-17-18-19-20-21-22-23-24-25-26-27-28-29-30-31-32-33-34-35-36-37-39-41-43-45-55(73)68-50(51(72)44-42-40-38-12-10-8-6-4-2)49-81-65-61(79)58(76)63(53(47-70)83-65)86-67-62(80)59(77)64(54(48-71)84-67)85-66-60(78)57(75)56(74)52(46-69)82-66/h5,7,11,13,15-16,18-19,21-22,24-25,27-28,30-31,33-34,42,44,50-54,56-67,69-72,74-80H,3-4,6,8-10,12,14,17,20,23,26,29,32,35-41,43,45-49H2,1-2H3,(H,68,73)/b7-5-,13-11-,16-15-,19-18-,22-21-,25-24-,28-27-,31-30-,34-33-,44-42+. The van der Waals surface area contributed by atoms with Crippen LogP contribution >= 0.6 is 0 Å². The van der Waals surface area contributed by atoms with Gasteiger partial charge in [-0.05, 0) is 89.9 Å². The Hall–Kier alpha value is -3.81. The van der Waals surface area contributed by atoms with Crippen LogP contribution in [-0.2, 0) is 33.2 Å². The van der Waals surface area contributed by atoms with Crippen molar-refractivity contribution >= 4 is 5.91 Å². The summed E-state index contributed by atoms with van der Waals surface area (Å²) in [6, 6.07) is -0.990. The molecule has 86 heavy (non-hydrogen) atoms. The van der Waals surface area contributed by atoms with Crippen LogP contribution in [0.3, 0.4) is 0 Å². The van der Waals surface area contributed by atoms with Crippen molar-refractivity contribution < 1.29 is 89.4 Å². The number of allylic oxidation sites excluding steroid dienone is 19. The summed E-state index contributed by atoms with van der Waals surface area (Å²) < 4.78 is 34.1. The lowest BCUT2D eigenvalue weighted by molar-refractivity contribution is -0.379. The molecule has 3 aliphatic heterocycles. The summed E-state index contributed by atoms with van der Waals surface area (Å²) in [5.41, 5.74) is 0. The van der Waals surface area contributed by atoms with E-state index in [1.807, 2.05) is 6.08 Å². The molecule has 3 heterocycles. The van der Waals surface area contributed by atoms with Crippen molar-refractivity contribution in [1.29, 1.82) is 0 Å². The lowest BCUT2D eigenvalue weighted by Gasteiger charge is -2.48. The Labute approximate surface area is 512 Å². The van der Waals surface area contributed by atoms with Crippen LogP contribution in [0.15, 0.2) is 122 Å². The van der Waals surface area contributed by atoms with E-state index in [2.05, 4.69) is 129 Å². The fraction of sp³-hybridized carbons (Fsp3) is 0.687. The number of hydrogen-bond acceptors (Lipinski definition) is 18. The molecule has 0 saturated carbocycles. The van der Waals surface area contributed by atoms with Gasteiger partial charge < -0.3 is 89.9 Å². The Morgan fingerprint density at radius 2 is 0.802 bits per heavy atom. The minimum atomic E-state index is -1.98. The minimum Gasteiger partial charge on any atom is -0.394 e. The number of ether oxygens (including phenoxy) is 6. The van der Waals surface area contributed by atoms with Crippen molar-refractivity contribution in [2.75, 3.05) is 26.4 Å². The molecular formula is C67H109NO18. The second kappa shape index (κ2) is 48.1. The number of hydrogen-bond donors (Lipinski definition) is 12. The number of aliphatic hydroxyl groups is 11. The first-order valence-electron chi connectivity index (χ1n) is 31.8. The van der Waals surface area contributed by atoms with E-state index < -0.39 is 124 Å². The number of unbranched alkanes of at least 4 members (excludes halogenated alkanes) is 11. The second-order valence-corrected chi connectivity index (χ2v) is 22.1. The maximum atomic E-state index is 13.3. The first-order valence-corrected chi connectivity index (χ1v) is 31.8. The van der Waals surface area contributed by atoms with Crippen LogP contribution in [0.1, 0.15) is 162 Å². The van der Waals surface area contributed by atoms with Crippen LogP contribution in [0, 0.1) is 0 Å². The molecule has 0 radical (unpaired) electrons. The largest absolute Gasteiger partial charge is 0.394 e. The number of aliphatic hydroxyl groups excluding tert-OH is 11. The Morgan fingerprint density at radius 3 is 1.26 bits per heavy atom. The molecule has 0 bridgehead atoms. The summed E-state index contributed by atoms with van der Waals surface area (Å²) in [6.45, 7) is 1.50. The fourth-order valence-corrected chi connectivity index (χ4v) is 9.83. The molecule has 0 spiro atoms. The van der Waals surface area contributed by atoms with Crippen molar-refractivity contribution in [2.24, 2.45) is 0 Å². The van der Waals surface area contributed by atoms with Gasteiger partial charge in [-0.3, -0.25) is 4.79 Å². The van der Waals surface area contributed by atoms with Crippen LogP contribution in [0.5, 0.6) is 0 Å². The Kier molecular flexibility index (Phi) is 42.7. The van der Waals surface area contributed by atoms with E-state index in [1.54, 1.807) is 6.08 Å². The van der Waals surface area contributed by atoms with Gasteiger partial charge in [0.05, 0.1) is 38.6 Å². The Morgan fingerprint density at radius 1 is 0.430 bits per heavy atom. The zero-order valence-electron chi connectivity index (χ0n) is 51.2. The summed E-state index contributed by atoms with van der Waals surface area (Å²) in [6.07, 6.45) is 37.9. The molecule has 1 amide bonds. The molecule has 3 saturated heterocycles. The van der Waals surface area contributed by atoms with Crippen molar-refractivity contribution in [3.05, 3.63) is 122 Å². The zero-order valence-corrected chi connectivity index (χ0v) is 51.2. The van der Waals surface area contributed by atoms with Gasteiger partial charge in [-0.25, -0.2) is 0 Å². The lowest BCUT2D eigenvalue weighted by Crippen LogP contribution is -2.66. The van der Waals surface area contributed by atoms with Gasteiger partial charge in [0.15, 0.2) is 18.9 Å². The van der Waals surface area contributed by atoms with Crippen molar-refractivity contribution in [3.8, 4) is 0 Å². The maximum absolute atomic E-state index is 13.3. The molecule has 19 heteroatoms. The fourth-order valence-electron chi connectivity index (χ4n) is 9.83. The molecule has 0 aliphatic carbocycles. The molecule has 19 nitrogen and oxygen atoms in total. The molecule has 0 aromatic carbocycles. The SMILES string of the molecule is CC/C=C\C/C=C\C/C=C\C/C=C\C/C=C\C/C=C\C/C=C\C/C=C\C/C=C\CCCCCCCC(=O)NC(COC1OC(CO)C(OC2OC(CO)C(OC3OC(CO)C(O)C(O)C3O)C(O)C2O)C(O)C1O)C(O)/C=C/CCCCCCCC. The van der Waals surface area contributed by atoms with E-state index in [-0.39, 0.29) is 18.9 Å². The summed E-state index contributed by atoms with van der Waals surface area (Å²) in [7, 11) is 0. The van der Waals surface area contributed by atoms with Crippen LogP contribution in [0.2, 0.25) is 0 Å². The van der Waals surface area contributed by atoms with E-state index in [4.69, 9.17) is 28.4 Å². The van der Waals surface area contributed by atoms with E-state index in [0.29, 0.717) is 6.42 Å². The van der Waals surface area contributed by atoms with Crippen LogP contribution in [0.4, 0.5) is 0 Å². The smallest absolute Gasteiger partial charge is 0.220 e. The van der Waals surface area contributed by atoms with Crippen molar-refractivity contribution in [2.45, 2.75) is 266 Å². The predicted molar refractivity (Wildman–Crippen MR) is 332 cm³/mol. The van der Waals surface area contributed by atoms with Gasteiger partial charge >= 0.3 is 0 Å². The summed E-state index contributed by atoms with van der Waals surface area (Å²) in [4.78, 5) is 13.3. The third-order valence-electron chi connectivity index (χ3n) is 15.0. The number of amides is 1. The highest BCUT2D eigenvalue weighted by molar-refractivity contribution is 5.76. The Balaban J connectivity index is 1.38. The zero-order chi connectivity index (χ0) is 62.6.